The summed E-state index contributed by atoms with van der Waals surface area (Å²) in [5.74, 6) is 0.219. The Kier molecular flexibility index (Phi) is 2.28. The number of hydrogen-bond donors (Lipinski definition) is 2. The highest BCUT2D eigenvalue weighted by Crippen LogP contribution is 2.09. The summed E-state index contributed by atoms with van der Waals surface area (Å²) in [5, 5.41) is 6.15. The van der Waals surface area contributed by atoms with Gasteiger partial charge in [-0.1, -0.05) is 0 Å². The molecule has 2 aliphatic rings. The Labute approximate surface area is 72.3 Å². The second-order valence-electron chi connectivity index (χ2n) is 3.38. The average Bonchev–Trinajstić information content (AvgIpc) is 2.53. The predicted octanol–water partition coefficient (Wildman–Crippen LogP) is -1.22. The highest BCUT2D eigenvalue weighted by Gasteiger charge is 2.30. The number of carbonyl (C=O) groups is 1. The normalized spacial score (nSPS) is 32.0. The molecule has 68 valence electrons. The van der Waals surface area contributed by atoms with Gasteiger partial charge in [0.2, 0.25) is 5.91 Å². The molecule has 12 heavy (non-hydrogen) atoms. The first-order valence-electron chi connectivity index (χ1n) is 4.60. The van der Waals surface area contributed by atoms with Crippen LogP contribution in [0.15, 0.2) is 0 Å². The lowest BCUT2D eigenvalue weighted by Crippen LogP contribution is -2.50. The second-order valence-corrected chi connectivity index (χ2v) is 3.38. The smallest absolute Gasteiger partial charge is 0.237 e. The van der Waals surface area contributed by atoms with Gasteiger partial charge >= 0.3 is 0 Å². The summed E-state index contributed by atoms with van der Waals surface area (Å²) >= 11 is 0. The summed E-state index contributed by atoms with van der Waals surface area (Å²) in [6.45, 7) is 4.91. The van der Waals surface area contributed by atoms with Crippen LogP contribution in [0.2, 0.25) is 0 Å². The van der Waals surface area contributed by atoms with Crippen LogP contribution in [0.4, 0.5) is 0 Å². The molecule has 1 amide bonds. The van der Waals surface area contributed by atoms with E-state index in [1.807, 2.05) is 0 Å². The molecular formula is C8H15N3O. The molecule has 2 N–H and O–H groups in total. The maximum atomic E-state index is 11.3. The van der Waals surface area contributed by atoms with Crippen molar-refractivity contribution in [3.05, 3.63) is 0 Å². The zero-order valence-corrected chi connectivity index (χ0v) is 7.18. The molecule has 2 rings (SSSR count). The SMILES string of the molecule is O=C1NCCC1N1CCNCC1. The van der Waals surface area contributed by atoms with E-state index in [2.05, 4.69) is 15.5 Å². The minimum absolute atomic E-state index is 0.159. The van der Waals surface area contributed by atoms with Gasteiger partial charge in [0.1, 0.15) is 0 Å². The van der Waals surface area contributed by atoms with E-state index in [1.54, 1.807) is 0 Å². The molecule has 2 heterocycles. The largest absolute Gasteiger partial charge is 0.355 e. The number of piperazine rings is 1. The van der Waals surface area contributed by atoms with E-state index < -0.39 is 0 Å². The minimum atomic E-state index is 0.159. The number of hydrogen-bond acceptors (Lipinski definition) is 3. The van der Waals surface area contributed by atoms with Gasteiger partial charge in [0, 0.05) is 32.7 Å². The lowest BCUT2D eigenvalue weighted by atomic mass is 10.2. The van der Waals surface area contributed by atoms with E-state index in [0.717, 1.165) is 39.1 Å². The van der Waals surface area contributed by atoms with Crippen molar-refractivity contribution in [3.8, 4) is 0 Å². The van der Waals surface area contributed by atoms with E-state index in [9.17, 15) is 4.79 Å². The molecule has 2 fully saturated rings. The Morgan fingerprint density at radius 1 is 1.25 bits per heavy atom. The van der Waals surface area contributed by atoms with Crippen molar-refractivity contribution in [2.75, 3.05) is 32.7 Å². The molecule has 4 heteroatoms. The van der Waals surface area contributed by atoms with Gasteiger partial charge in [0.25, 0.3) is 0 Å². The maximum Gasteiger partial charge on any atom is 0.237 e. The molecule has 0 bridgehead atoms. The number of carbonyl (C=O) groups excluding carboxylic acids is 1. The monoisotopic (exact) mass is 169 g/mol. The molecule has 0 aliphatic carbocycles. The third-order valence-electron chi connectivity index (χ3n) is 2.61. The van der Waals surface area contributed by atoms with Crippen molar-refractivity contribution < 1.29 is 4.79 Å². The van der Waals surface area contributed by atoms with Crippen molar-refractivity contribution in [2.45, 2.75) is 12.5 Å². The zero-order chi connectivity index (χ0) is 8.39. The first kappa shape index (κ1) is 8.01. The summed E-state index contributed by atoms with van der Waals surface area (Å²) in [6, 6.07) is 0.159. The Morgan fingerprint density at radius 3 is 2.58 bits per heavy atom. The second kappa shape index (κ2) is 3.41. The summed E-state index contributed by atoms with van der Waals surface area (Å²) in [6.07, 6.45) is 0.985. The number of rotatable bonds is 1. The van der Waals surface area contributed by atoms with Crippen LogP contribution in [-0.4, -0.2) is 49.6 Å². The molecular weight excluding hydrogens is 154 g/mol. The van der Waals surface area contributed by atoms with Gasteiger partial charge in [0.15, 0.2) is 0 Å². The molecule has 4 nitrogen and oxygen atoms in total. The standard InChI is InChI=1S/C8H15N3O/c12-8-7(1-2-10-8)11-5-3-9-4-6-11/h7,9H,1-6H2,(H,10,12). The fraction of sp³-hybridized carbons (Fsp3) is 0.875. The number of nitrogens with one attached hydrogen (secondary N) is 2. The van der Waals surface area contributed by atoms with Crippen molar-refractivity contribution in [1.29, 1.82) is 0 Å². The van der Waals surface area contributed by atoms with Gasteiger partial charge in [-0.25, -0.2) is 0 Å². The van der Waals surface area contributed by atoms with Crippen LogP contribution in [-0.2, 0) is 4.79 Å². The van der Waals surface area contributed by atoms with Crippen molar-refractivity contribution in [3.63, 3.8) is 0 Å². The molecule has 0 aromatic carbocycles. The summed E-state index contributed by atoms with van der Waals surface area (Å²) in [4.78, 5) is 13.6. The highest BCUT2D eigenvalue weighted by molar-refractivity contribution is 5.83. The third kappa shape index (κ3) is 1.44. The topological polar surface area (TPSA) is 44.4 Å². The lowest BCUT2D eigenvalue weighted by Gasteiger charge is -2.30. The van der Waals surface area contributed by atoms with E-state index in [-0.39, 0.29) is 11.9 Å². The Balaban J connectivity index is 1.93. The molecule has 0 saturated carbocycles. The van der Waals surface area contributed by atoms with Gasteiger partial charge < -0.3 is 10.6 Å². The average molecular weight is 169 g/mol. The molecule has 0 radical (unpaired) electrons. The Morgan fingerprint density at radius 2 is 2.00 bits per heavy atom. The lowest BCUT2D eigenvalue weighted by molar-refractivity contribution is -0.123. The molecule has 1 atom stereocenters. The fourth-order valence-corrected chi connectivity index (χ4v) is 1.92. The molecule has 0 spiro atoms. The molecule has 2 aliphatic heterocycles. The van der Waals surface area contributed by atoms with Gasteiger partial charge in [-0.05, 0) is 6.42 Å². The minimum Gasteiger partial charge on any atom is -0.355 e. The number of nitrogens with zero attached hydrogens (tertiary/aromatic N) is 1. The highest BCUT2D eigenvalue weighted by atomic mass is 16.2. The van der Waals surface area contributed by atoms with Crippen LogP contribution >= 0.6 is 0 Å². The summed E-state index contributed by atoms with van der Waals surface area (Å²) < 4.78 is 0. The number of amides is 1. The molecule has 0 aromatic heterocycles. The Hall–Kier alpha value is -0.610. The summed E-state index contributed by atoms with van der Waals surface area (Å²) in [5.41, 5.74) is 0. The van der Waals surface area contributed by atoms with Crippen LogP contribution in [0.1, 0.15) is 6.42 Å². The van der Waals surface area contributed by atoms with E-state index >= 15 is 0 Å². The van der Waals surface area contributed by atoms with E-state index in [4.69, 9.17) is 0 Å². The quantitative estimate of drug-likeness (QED) is 0.517. The predicted molar refractivity (Wildman–Crippen MR) is 45.9 cm³/mol. The molecule has 1 unspecified atom stereocenters. The first-order chi connectivity index (χ1) is 5.88. The van der Waals surface area contributed by atoms with Crippen molar-refractivity contribution in [1.82, 2.24) is 15.5 Å². The van der Waals surface area contributed by atoms with E-state index in [1.165, 1.54) is 0 Å². The fourth-order valence-electron chi connectivity index (χ4n) is 1.92. The molecule has 0 aromatic rings. The van der Waals surface area contributed by atoms with Gasteiger partial charge in [-0.15, -0.1) is 0 Å². The summed E-state index contributed by atoms with van der Waals surface area (Å²) in [7, 11) is 0. The van der Waals surface area contributed by atoms with Gasteiger partial charge in [-0.2, -0.15) is 0 Å². The van der Waals surface area contributed by atoms with Gasteiger partial charge in [0.05, 0.1) is 6.04 Å². The van der Waals surface area contributed by atoms with Gasteiger partial charge in [-0.3, -0.25) is 9.69 Å². The Bertz CT molecular complexity index is 177. The van der Waals surface area contributed by atoms with Crippen LogP contribution in [0.3, 0.4) is 0 Å². The van der Waals surface area contributed by atoms with Crippen LogP contribution in [0.25, 0.3) is 0 Å². The van der Waals surface area contributed by atoms with Crippen LogP contribution in [0, 0.1) is 0 Å². The molecule has 2 saturated heterocycles. The zero-order valence-electron chi connectivity index (χ0n) is 7.18. The van der Waals surface area contributed by atoms with Crippen LogP contribution in [0.5, 0.6) is 0 Å². The van der Waals surface area contributed by atoms with Crippen molar-refractivity contribution >= 4 is 5.91 Å². The maximum absolute atomic E-state index is 11.3. The van der Waals surface area contributed by atoms with Crippen LogP contribution < -0.4 is 10.6 Å². The third-order valence-corrected chi connectivity index (χ3v) is 2.61. The van der Waals surface area contributed by atoms with Crippen molar-refractivity contribution in [2.24, 2.45) is 0 Å². The first-order valence-corrected chi connectivity index (χ1v) is 4.60. The van der Waals surface area contributed by atoms with E-state index in [0.29, 0.717) is 0 Å².